The summed E-state index contributed by atoms with van der Waals surface area (Å²) < 4.78 is 7.70. The van der Waals surface area contributed by atoms with Crippen molar-refractivity contribution in [2.75, 3.05) is 38.2 Å². The predicted molar refractivity (Wildman–Crippen MR) is 166 cm³/mol. The Bertz CT molecular complexity index is 1690. The van der Waals surface area contributed by atoms with Crippen LogP contribution in [-0.2, 0) is 11.2 Å². The first kappa shape index (κ1) is 26.9. The third-order valence-corrected chi connectivity index (χ3v) is 8.13. The first-order valence-corrected chi connectivity index (χ1v) is 14.4. The number of methoxy groups -OCH3 is 1. The number of piperazine rings is 1. The number of hydrogen-bond acceptors (Lipinski definition) is 4. The zero-order valence-corrected chi connectivity index (χ0v) is 24.1. The minimum Gasteiger partial charge on any atom is -0.495 e. The summed E-state index contributed by atoms with van der Waals surface area (Å²) in [6.07, 6.45) is 3.16. The van der Waals surface area contributed by atoms with Gasteiger partial charge in [0.15, 0.2) is 0 Å². The lowest BCUT2D eigenvalue weighted by atomic mass is 10.0. The number of aromatic nitrogens is 2. The Kier molecular flexibility index (Phi) is 7.66. The second kappa shape index (κ2) is 11.7. The molecule has 0 atom stereocenters. The zero-order valence-electron chi connectivity index (χ0n) is 23.4. The molecular weight excluding hydrogens is 532 g/mol. The van der Waals surface area contributed by atoms with E-state index in [0.29, 0.717) is 25.9 Å². The molecule has 0 bridgehead atoms. The summed E-state index contributed by atoms with van der Waals surface area (Å²) in [6.45, 7) is 5.01. The summed E-state index contributed by atoms with van der Waals surface area (Å²) in [5.74, 6) is 1.03. The largest absolute Gasteiger partial charge is 0.495 e. The van der Waals surface area contributed by atoms with Crippen LogP contribution in [0.1, 0.15) is 17.7 Å². The van der Waals surface area contributed by atoms with Crippen LogP contribution in [0.25, 0.3) is 28.0 Å². The molecule has 2 aromatic heterocycles. The normalized spacial score (nSPS) is 13.5. The molecule has 0 spiro atoms. The minimum absolute atomic E-state index is 0.170. The molecule has 5 aromatic rings. The molecule has 7 heteroatoms. The van der Waals surface area contributed by atoms with Gasteiger partial charge < -0.3 is 18.9 Å². The Balaban J connectivity index is 1.24. The van der Waals surface area contributed by atoms with Gasteiger partial charge in [-0.3, -0.25) is 4.79 Å². The van der Waals surface area contributed by atoms with Crippen LogP contribution < -0.4 is 9.64 Å². The van der Waals surface area contributed by atoms with Crippen molar-refractivity contribution in [1.82, 2.24) is 14.3 Å². The Labute approximate surface area is 245 Å². The fourth-order valence-corrected chi connectivity index (χ4v) is 5.97. The molecule has 3 aromatic carbocycles. The van der Waals surface area contributed by atoms with Gasteiger partial charge in [0.2, 0.25) is 5.91 Å². The number of carbonyl (C=O) groups is 1. The van der Waals surface area contributed by atoms with E-state index in [0.717, 1.165) is 68.8 Å². The second-order valence-electron chi connectivity index (χ2n) is 10.4. The molecular formula is C34H33ClN4O2. The van der Waals surface area contributed by atoms with Crippen molar-refractivity contribution in [3.05, 3.63) is 107 Å². The average Bonchev–Trinajstić information content (AvgIpc) is 3.38. The van der Waals surface area contributed by atoms with Gasteiger partial charge in [0.05, 0.1) is 24.2 Å². The number of anilines is 1. The molecule has 1 saturated heterocycles. The molecule has 6 nitrogen and oxygen atoms in total. The molecule has 0 N–H and O–H groups in total. The summed E-state index contributed by atoms with van der Waals surface area (Å²) in [5.41, 5.74) is 8.28. The Hall–Kier alpha value is -4.29. The van der Waals surface area contributed by atoms with E-state index in [1.54, 1.807) is 7.11 Å². The van der Waals surface area contributed by atoms with Gasteiger partial charge >= 0.3 is 0 Å². The number of amides is 1. The molecule has 1 amide bonds. The van der Waals surface area contributed by atoms with E-state index in [9.17, 15) is 4.79 Å². The molecule has 0 saturated carbocycles. The molecule has 3 heterocycles. The predicted octanol–water partition coefficient (Wildman–Crippen LogP) is 6.92. The highest BCUT2D eigenvalue weighted by Gasteiger charge is 2.24. The molecule has 0 aliphatic carbocycles. The standard InChI is InChI=1S/C34H33ClN4O2/c1-24-22-27(35)13-14-28(24)26-12-16-32-36-34(25-8-4-3-5-9-25)30(39(32)23-26)15-17-33(40)38-20-18-37(19-21-38)29-10-6-7-11-31(29)41-2/h3-14,16,22-23H,15,17-21H2,1-2H3. The van der Waals surface area contributed by atoms with E-state index >= 15 is 0 Å². The number of pyridine rings is 1. The van der Waals surface area contributed by atoms with Gasteiger partial charge in [-0.1, -0.05) is 60.1 Å². The second-order valence-corrected chi connectivity index (χ2v) is 10.9. The lowest BCUT2D eigenvalue weighted by molar-refractivity contribution is -0.131. The van der Waals surface area contributed by atoms with Gasteiger partial charge in [0, 0.05) is 49.4 Å². The Morgan fingerprint density at radius 1 is 0.902 bits per heavy atom. The molecule has 1 aliphatic heterocycles. The molecule has 6 rings (SSSR count). The zero-order chi connectivity index (χ0) is 28.3. The first-order chi connectivity index (χ1) is 20.0. The third kappa shape index (κ3) is 5.52. The Morgan fingerprint density at radius 2 is 1.66 bits per heavy atom. The molecule has 208 valence electrons. The van der Waals surface area contributed by atoms with Gasteiger partial charge in [-0.2, -0.15) is 0 Å². The number of imidazole rings is 1. The van der Waals surface area contributed by atoms with Crippen molar-refractivity contribution in [3.8, 4) is 28.1 Å². The maximum atomic E-state index is 13.4. The average molecular weight is 565 g/mol. The number of ether oxygens (including phenoxy) is 1. The summed E-state index contributed by atoms with van der Waals surface area (Å²) in [7, 11) is 1.70. The third-order valence-electron chi connectivity index (χ3n) is 7.90. The van der Waals surface area contributed by atoms with E-state index in [1.165, 1.54) is 0 Å². The Morgan fingerprint density at radius 3 is 2.41 bits per heavy atom. The SMILES string of the molecule is COc1ccccc1N1CCN(C(=O)CCc2c(-c3ccccc3)nc3ccc(-c4ccc(Cl)cc4C)cn23)CC1. The van der Waals surface area contributed by atoms with E-state index in [2.05, 4.69) is 58.8 Å². The maximum Gasteiger partial charge on any atom is 0.223 e. The van der Waals surface area contributed by atoms with Crippen LogP contribution in [0.4, 0.5) is 5.69 Å². The van der Waals surface area contributed by atoms with Crippen LogP contribution in [0.15, 0.2) is 91.1 Å². The summed E-state index contributed by atoms with van der Waals surface area (Å²) in [6, 6.07) is 28.4. The van der Waals surface area contributed by atoms with Crippen molar-refractivity contribution in [2.24, 2.45) is 0 Å². The molecule has 0 radical (unpaired) electrons. The van der Waals surface area contributed by atoms with E-state index < -0.39 is 0 Å². The molecule has 41 heavy (non-hydrogen) atoms. The number of carbonyl (C=O) groups excluding carboxylic acids is 1. The van der Waals surface area contributed by atoms with E-state index in [-0.39, 0.29) is 5.91 Å². The van der Waals surface area contributed by atoms with Crippen molar-refractivity contribution >= 4 is 28.8 Å². The number of nitrogens with zero attached hydrogens (tertiary/aromatic N) is 4. The fourth-order valence-electron chi connectivity index (χ4n) is 5.74. The van der Waals surface area contributed by atoms with Crippen molar-refractivity contribution in [3.63, 3.8) is 0 Å². The van der Waals surface area contributed by atoms with Crippen molar-refractivity contribution in [1.29, 1.82) is 0 Å². The maximum absolute atomic E-state index is 13.4. The first-order valence-electron chi connectivity index (χ1n) is 14.0. The highest BCUT2D eigenvalue weighted by Crippen LogP contribution is 2.31. The number of aryl methyl sites for hydroxylation is 2. The highest BCUT2D eigenvalue weighted by molar-refractivity contribution is 6.30. The summed E-state index contributed by atoms with van der Waals surface area (Å²) in [5, 5.41) is 0.726. The van der Waals surface area contributed by atoms with Crippen molar-refractivity contribution < 1.29 is 9.53 Å². The van der Waals surface area contributed by atoms with E-state index in [1.807, 2.05) is 53.4 Å². The fraction of sp³-hybridized carbons (Fsp3) is 0.235. The summed E-state index contributed by atoms with van der Waals surface area (Å²) >= 11 is 6.22. The topological polar surface area (TPSA) is 50.1 Å². The van der Waals surface area contributed by atoms with Crippen LogP contribution in [0.5, 0.6) is 5.75 Å². The number of halogens is 1. The van der Waals surface area contributed by atoms with Crippen LogP contribution in [0, 0.1) is 6.92 Å². The van der Waals surface area contributed by atoms with Crippen LogP contribution in [0.3, 0.4) is 0 Å². The number of fused-ring (bicyclic) bond motifs is 1. The molecule has 1 fully saturated rings. The van der Waals surface area contributed by atoms with Gasteiger partial charge in [-0.15, -0.1) is 0 Å². The van der Waals surface area contributed by atoms with Gasteiger partial charge in [0.1, 0.15) is 11.4 Å². The molecule has 0 unspecified atom stereocenters. The van der Waals surface area contributed by atoms with E-state index in [4.69, 9.17) is 21.3 Å². The smallest absolute Gasteiger partial charge is 0.223 e. The molecule has 1 aliphatic rings. The highest BCUT2D eigenvalue weighted by atomic mass is 35.5. The van der Waals surface area contributed by atoms with Gasteiger partial charge in [-0.25, -0.2) is 4.98 Å². The van der Waals surface area contributed by atoms with Gasteiger partial charge in [-0.05, 0) is 66.4 Å². The minimum atomic E-state index is 0.170. The van der Waals surface area contributed by atoms with Crippen molar-refractivity contribution in [2.45, 2.75) is 19.8 Å². The quantitative estimate of drug-likeness (QED) is 0.215. The summed E-state index contributed by atoms with van der Waals surface area (Å²) in [4.78, 5) is 22.7. The number of rotatable bonds is 7. The van der Waals surface area contributed by atoms with Gasteiger partial charge in [0.25, 0.3) is 0 Å². The lowest BCUT2D eigenvalue weighted by Crippen LogP contribution is -2.49. The number of benzene rings is 3. The number of hydrogen-bond donors (Lipinski definition) is 0. The monoisotopic (exact) mass is 564 g/mol. The van der Waals surface area contributed by atoms with Crippen LogP contribution in [-0.4, -0.2) is 53.5 Å². The van der Waals surface area contributed by atoms with Crippen LogP contribution >= 0.6 is 11.6 Å². The number of para-hydroxylation sites is 2. The van der Waals surface area contributed by atoms with Crippen LogP contribution in [0.2, 0.25) is 5.02 Å². The lowest BCUT2D eigenvalue weighted by Gasteiger charge is -2.36.